The second-order valence-corrected chi connectivity index (χ2v) is 5.26. The molecule has 4 heteroatoms. The van der Waals surface area contributed by atoms with Crippen molar-refractivity contribution in [1.82, 2.24) is 14.8 Å². The van der Waals surface area contributed by atoms with E-state index in [4.69, 9.17) is 0 Å². The molecule has 17 heavy (non-hydrogen) atoms. The van der Waals surface area contributed by atoms with E-state index in [9.17, 15) is 0 Å². The topological polar surface area (TPSA) is 30.7 Å². The van der Waals surface area contributed by atoms with Crippen LogP contribution >= 0.6 is 15.9 Å². The maximum Gasteiger partial charge on any atom is 0.159 e. The summed E-state index contributed by atoms with van der Waals surface area (Å²) >= 11 is 3.47. The van der Waals surface area contributed by atoms with Gasteiger partial charge < -0.3 is 0 Å². The van der Waals surface area contributed by atoms with Gasteiger partial charge in [-0.05, 0) is 40.4 Å². The minimum Gasteiger partial charge on any atom is -0.243 e. The first kappa shape index (κ1) is 12.3. The molecule has 0 saturated heterocycles. The molecule has 0 N–H and O–H groups in total. The lowest BCUT2D eigenvalue weighted by Gasteiger charge is -2.08. The average Bonchev–Trinajstić information content (AvgIpc) is 2.55. The number of halogens is 1. The van der Waals surface area contributed by atoms with Gasteiger partial charge in [-0.1, -0.05) is 19.9 Å². The van der Waals surface area contributed by atoms with Gasteiger partial charge in [-0.15, -0.1) is 6.58 Å². The van der Waals surface area contributed by atoms with E-state index in [1.165, 1.54) is 10.9 Å². The first-order valence-corrected chi connectivity index (χ1v) is 6.48. The van der Waals surface area contributed by atoms with E-state index in [1.807, 2.05) is 17.7 Å². The standard InChI is InChI=1S/C13H16BrN3/c1-5-6-17-13-12(9(4)16-17)10(8(2)3)7-11(14)15-13/h5,7-8H,1,6H2,2-4H3. The smallest absolute Gasteiger partial charge is 0.159 e. The second kappa shape index (κ2) is 4.61. The van der Waals surface area contributed by atoms with Crippen LogP contribution in [0.1, 0.15) is 31.0 Å². The molecule has 2 aromatic heterocycles. The number of aryl methyl sites for hydroxylation is 1. The van der Waals surface area contributed by atoms with Crippen LogP contribution in [0, 0.1) is 6.92 Å². The van der Waals surface area contributed by atoms with Gasteiger partial charge in [0.05, 0.1) is 12.2 Å². The number of aromatic nitrogens is 3. The maximum atomic E-state index is 4.53. The molecule has 0 atom stereocenters. The van der Waals surface area contributed by atoms with E-state index in [1.54, 1.807) is 0 Å². The fourth-order valence-corrected chi connectivity index (χ4v) is 2.47. The predicted molar refractivity (Wildman–Crippen MR) is 74.3 cm³/mol. The number of hydrogen-bond donors (Lipinski definition) is 0. The molecule has 3 nitrogen and oxygen atoms in total. The molecule has 0 aliphatic carbocycles. The summed E-state index contributed by atoms with van der Waals surface area (Å²) in [6.45, 7) is 10.8. The zero-order valence-corrected chi connectivity index (χ0v) is 12.0. The van der Waals surface area contributed by atoms with Gasteiger partial charge in [0.15, 0.2) is 5.65 Å². The Balaban J connectivity index is 2.80. The molecule has 0 bridgehead atoms. The molecule has 2 rings (SSSR count). The van der Waals surface area contributed by atoms with E-state index in [0.29, 0.717) is 12.5 Å². The molecule has 0 aromatic carbocycles. The summed E-state index contributed by atoms with van der Waals surface area (Å²) in [6, 6.07) is 2.08. The number of allylic oxidation sites excluding steroid dienone is 1. The Hall–Kier alpha value is -1.16. The van der Waals surface area contributed by atoms with Gasteiger partial charge in [-0.3, -0.25) is 0 Å². The zero-order valence-electron chi connectivity index (χ0n) is 10.4. The highest BCUT2D eigenvalue weighted by Crippen LogP contribution is 2.29. The van der Waals surface area contributed by atoms with Crippen molar-refractivity contribution in [2.24, 2.45) is 0 Å². The van der Waals surface area contributed by atoms with Crippen LogP contribution in [0.15, 0.2) is 23.3 Å². The van der Waals surface area contributed by atoms with Crippen molar-refractivity contribution >= 4 is 27.0 Å². The van der Waals surface area contributed by atoms with E-state index >= 15 is 0 Å². The summed E-state index contributed by atoms with van der Waals surface area (Å²) in [5.41, 5.74) is 3.25. The van der Waals surface area contributed by atoms with Crippen LogP contribution in [-0.2, 0) is 6.54 Å². The second-order valence-electron chi connectivity index (χ2n) is 4.44. The summed E-state index contributed by atoms with van der Waals surface area (Å²) in [6.07, 6.45) is 1.84. The quantitative estimate of drug-likeness (QED) is 0.636. The number of rotatable bonds is 3. The molecule has 0 unspecified atom stereocenters. The van der Waals surface area contributed by atoms with Crippen LogP contribution in [-0.4, -0.2) is 14.8 Å². The molecule has 0 radical (unpaired) electrons. The van der Waals surface area contributed by atoms with Crippen LogP contribution in [0.25, 0.3) is 11.0 Å². The number of hydrogen-bond acceptors (Lipinski definition) is 2. The van der Waals surface area contributed by atoms with Crippen molar-refractivity contribution in [2.45, 2.75) is 33.2 Å². The maximum absolute atomic E-state index is 4.53. The average molecular weight is 294 g/mol. The molecule has 0 saturated carbocycles. The third-order valence-electron chi connectivity index (χ3n) is 2.80. The van der Waals surface area contributed by atoms with E-state index in [2.05, 4.69) is 52.5 Å². The number of pyridine rings is 1. The predicted octanol–water partition coefficient (Wildman–Crippen LogP) is 3.81. The summed E-state index contributed by atoms with van der Waals surface area (Å²) in [5.74, 6) is 0.455. The minimum absolute atomic E-state index is 0.455. The first-order valence-electron chi connectivity index (χ1n) is 5.69. The Morgan fingerprint density at radius 2 is 2.24 bits per heavy atom. The van der Waals surface area contributed by atoms with Crippen molar-refractivity contribution in [3.8, 4) is 0 Å². The summed E-state index contributed by atoms with van der Waals surface area (Å²) < 4.78 is 2.76. The third kappa shape index (κ3) is 2.14. The molecule has 90 valence electrons. The molecule has 0 spiro atoms. The van der Waals surface area contributed by atoms with Crippen molar-refractivity contribution in [2.75, 3.05) is 0 Å². The van der Waals surface area contributed by atoms with Crippen LogP contribution in [0.2, 0.25) is 0 Å². The van der Waals surface area contributed by atoms with Crippen molar-refractivity contribution in [1.29, 1.82) is 0 Å². The van der Waals surface area contributed by atoms with Crippen LogP contribution in [0.4, 0.5) is 0 Å². The summed E-state index contributed by atoms with van der Waals surface area (Å²) in [7, 11) is 0. The van der Waals surface area contributed by atoms with Gasteiger partial charge in [0, 0.05) is 5.39 Å². The fourth-order valence-electron chi connectivity index (χ4n) is 2.06. The number of fused-ring (bicyclic) bond motifs is 1. The molecular formula is C13H16BrN3. The molecule has 0 aliphatic rings. The molecule has 2 aromatic rings. The minimum atomic E-state index is 0.455. The third-order valence-corrected chi connectivity index (χ3v) is 3.21. The summed E-state index contributed by atoms with van der Waals surface area (Å²) in [5, 5.41) is 5.70. The summed E-state index contributed by atoms with van der Waals surface area (Å²) in [4.78, 5) is 4.53. The molecular weight excluding hydrogens is 278 g/mol. The van der Waals surface area contributed by atoms with Gasteiger partial charge in [-0.25, -0.2) is 9.67 Å². The highest BCUT2D eigenvalue weighted by molar-refractivity contribution is 9.10. The molecule has 0 fully saturated rings. The van der Waals surface area contributed by atoms with Crippen molar-refractivity contribution in [3.05, 3.63) is 34.6 Å². The van der Waals surface area contributed by atoms with Gasteiger partial charge in [-0.2, -0.15) is 5.10 Å². The van der Waals surface area contributed by atoms with Crippen molar-refractivity contribution in [3.63, 3.8) is 0 Å². The monoisotopic (exact) mass is 293 g/mol. The highest BCUT2D eigenvalue weighted by atomic mass is 79.9. The van der Waals surface area contributed by atoms with Crippen LogP contribution < -0.4 is 0 Å². The molecule has 2 heterocycles. The number of nitrogens with zero attached hydrogens (tertiary/aromatic N) is 3. The molecule has 0 aliphatic heterocycles. The lowest BCUT2D eigenvalue weighted by atomic mass is 10.0. The van der Waals surface area contributed by atoms with E-state index in [-0.39, 0.29) is 0 Å². The van der Waals surface area contributed by atoms with E-state index in [0.717, 1.165) is 15.9 Å². The molecule has 0 amide bonds. The van der Waals surface area contributed by atoms with Gasteiger partial charge in [0.25, 0.3) is 0 Å². The van der Waals surface area contributed by atoms with Crippen LogP contribution in [0.3, 0.4) is 0 Å². The van der Waals surface area contributed by atoms with E-state index < -0.39 is 0 Å². The Bertz CT molecular complexity index is 570. The zero-order chi connectivity index (χ0) is 12.6. The fraction of sp³-hybridized carbons (Fsp3) is 0.385. The normalized spacial score (nSPS) is 11.4. The Morgan fingerprint density at radius 3 is 2.82 bits per heavy atom. The lowest BCUT2D eigenvalue weighted by molar-refractivity contribution is 0.711. The van der Waals surface area contributed by atoms with Gasteiger partial charge in [0.2, 0.25) is 0 Å². The van der Waals surface area contributed by atoms with Crippen molar-refractivity contribution < 1.29 is 0 Å². The van der Waals surface area contributed by atoms with Gasteiger partial charge in [0.1, 0.15) is 4.60 Å². The Kier molecular flexibility index (Phi) is 3.33. The largest absolute Gasteiger partial charge is 0.243 e. The van der Waals surface area contributed by atoms with Crippen LogP contribution in [0.5, 0.6) is 0 Å². The highest BCUT2D eigenvalue weighted by Gasteiger charge is 2.15. The lowest BCUT2D eigenvalue weighted by Crippen LogP contribution is -1.99. The SMILES string of the molecule is C=CCn1nc(C)c2c(C(C)C)cc(Br)nc21. The Morgan fingerprint density at radius 1 is 1.53 bits per heavy atom. The van der Waals surface area contributed by atoms with Gasteiger partial charge >= 0.3 is 0 Å². The first-order chi connectivity index (χ1) is 8.04. The Labute approximate surface area is 110 Å².